The highest BCUT2D eigenvalue weighted by molar-refractivity contribution is 7.83. The minimum Gasteiger partial charge on any atom is -0.410 e. The molecule has 9 rings (SSSR count). The van der Waals surface area contributed by atoms with Crippen molar-refractivity contribution in [2.45, 2.75) is 123 Å². The number of hydrogen-bond acceptors (Lipinski definition) is 11. The predicted molar refractivity (Wildman–Crippen MR) is 421 cm³/mol. The summed E-state index contributed by atoms with van der Waals surface area (Å²) in [6.45, 7) is 30.9. The van der Waals surface area contributed by atoms with Crippen LogP contribution in [-0.4, -0.2) is 73.8 Å². The van der Waals surface area contributed by atoms with Crippen molar-refractivity contribution in [3.8, 4) is 17.2 Å². The molecule has 0 aromatic heterocycles. The highest BCUT2D eigenvalue weighted by Crippen LogP contribution is 2.37. The Balaban J connectivity index is 0.000000449. The molecule has 0 aliphatic heterocycles. The summed E-state index contributed by atoms with van der Waals surface area (Å²) in [7, 11) is 18.1. The number of para-hydroxylation sites is 5. The average molecular weight is 1350 g/mol. The molecule has 3 N–H and O–H groups in total. The van der Waals surface area contributed by atoms with Gasteiger partial charge in [-0.1, -0.05) is 152 Å². The van der Waals surface area contributed by atoms with Gasteiger partial charge in [-0.05, 0) is 253 Å². The number of rotatable bonds is 16. The van der Waals surface area contributed by atoms with E-state index in [1.165, 1.54) is 91.3 Å². The lowest BCUT2D eigenvalue weighted by molar-refractivity contribution is -0.384. The van der Waals surface area contributed by atoms with Crippen LogP contribution in [0.3, 0.4) is 0 Å². The van der Waals surface area contributed by atoms with E-state index in [-0.39, 0.29) is 25.0 Å². The summed E-state index contributed by atoms with van der Waals surface area (Å²) < 4.78 is 30.4. The molecule has 1 amide bonds. The third-order valence-corrected chi connectivity index (χ3v) is 18.7. The predicted octanol–water partition coefficient (Wildman–Crippen LogP) is 21.1. The molecule has 2 atom stereocenters. The zero-order valence-electron chi connectivity index (χ0n) is 61.9. The van der Waals surface area contributed by atoms with E-state index < -0.39 is 27.0 Å². The molecule has 97 heavy (non-hydrogen) atoms. The van der Waals surface area contributed by atoms with E-state index in [9.17, 15) is 19.7 Å². The first-order chi connectivity index (χ1) is 46.6. The Labute approximate surface area is 588 Å². The van der Waals surface area contributed by atoms with Crippen molar-refractivity contribution < 1.29 is 31.7 Å². The molecule has 9 aromatic rings. The first kappa shape index (κ1) is 80.5. The minimum atomic E-state index is -0.890. The second-order valence-corrected chi connectivity index (χ2v) is 26.9. The molecule has 0 saturated carbocycles. The molecular weight excluding hydrogens is 1240 g/mol. The number of aryl methyl sites for hydroxylation is 13. The van der Waals surface area contributed by atoms with Crippen LogP contribution in [0.4, 0.5) is 43.7 Å². The maximum absolute atomic E-state index is 12.7. The third kappa shape index (κ3) is 26.2. The molecule has 0 spiro atoms. The van der Waals surface area contributed by atoms with Gasteiger partial charge in [0.25, 0.3) is 5.69 Å². The fourth-order valence-corrected chi connectivity index (χ4v) is 11.0. The van der Waals surface area contributed by atoms with E-state index in [0.29, 0.717) is 11.5 Å². The number of nitrogen functional groups attached to an aromatic ring is 1. The Morgan fingerprint density at radius 1 is 0.495 bits per heavy atom. The van der Waals surface area contributed by atoms with Crippen molar-refractivity contribution in [2.24, 2.45) is 0 Å². The van der Waals surface area contributed by atoms with Gasteiger partial charge in [0, 0.05) is 60.4 Å². The standard InChI is InChI=1S/C27H31NO2.C25H25NO5.C9H13BNP.C8H12BN2P.C8H11N.C2H6.CH4.H2/c1-18-9-7-8-10-25(18)28(6)27(29)30-26-17-23(12-11-19(26)2)13-14-24-15-20(3)22(5)21(4)16-24;1-16-5-6-20(7-8-21-13-17(2)19(4)18(3)14-21)15-24(16)31-25(27)30-23-11-9-22(10-12-23)26(28)29;1-8-6-4-5-7-9(8)11(2)12(3)10;1-11(12(2)9)8-6-4-3-5-7(8)10;1-7-5-3-4-6-8(7)9-2;1-2;;/h7-12,15-17H,13-14H2,1-6H3;5-6,9-15H,7-8H2,1-4H3;4-7H,1-3H3;3-6H,10H2,1-2H3;3-6,9H,1-2H3;1-2H3;1H4;1H/i;;;;;;;1+1D. The number of carbonyl (C=O) groups is 2. The number of amides is 1. The van der Waals surface area contributed by atoms with E-state index >= 15 is 0 Å². The number of nitro benzene ring substituents is 1. The fraction of sp³-hybridized carbons (Fsp3) is 0.300. The number of hydrogen-bond donors (Lipinski definition) is 2. The van der Waals surface area contributed by atoms with Gasteiger partial charge in [0.2, 0.25) is 0 Å². The number of nitrogens with two attached hydrogens (primary N) is 1. The van der Waals surface area contributed by atoms with Gasteiger partial charge in [-0.25, -0.2) is 9.59 Å². The van der Waals surface area contributed by atoms with Crippen LogP contribution in [0.5, 0.6) is 17.2 Å². The molecule has 0 saturated heterocycles. The minimum absolute atomic E-state index is 0. The van der Waals surface area contributed by atoms with E-state index in [1.807, 2.05) is 177 Å². The zero-order chi connectivity index (χ0) is 73.3. The van der Waals surface area contributed by atoms with Crippen LogP contribution in [0.15, 0.2) is 182 Å². The summed E-state index contributed by atoms with van der Waals surface area (Å²) in [5, 5.41) is 13.8. The normalized spacial score (nSPS) is 10.8. The summed E-state index contributed by atoms with van der Waals surface area (Å²) >= 11 is 0. The van der Waals surface area contributed by atoms with Crippen molar-refractivity contribution in [2.75, 3.05) is 66.8 Å². The lowest BCUT2D eigenvalue weighted by Gasteiger charge is -2.26. The van der Waals surface area contributed by atoms with Crippen molar-refractivity contribution >= 4 is 77.4 Å². The molecule has 0 aliphatic rings. The van der Waals surface area contributed by atoms with E-state index in [4.69, 9.17) is 38.0 Å². The van der Waals surface area contributed by atoms with Crippen LogP contribution in [0.1, 0.15) is 108 Å². The molecule has 512 valence electrons. The topological polar surface area (TPSA) is 153 Å². The second-order valence-electron chi connectivity index (χ2n) is 23.4. The SMILES string of the molecule is C.CC.CNc1ccccc1C.Cc1ccc(CCc2cc(C)c(C)c(C)c2)cc1OC(=O)N(C)c1ccccc1C.Cc1ccc(CCc2cc(C)c(C)c(C)c2)cc1OC(=O)Oc1ccc([N+](=O)[O-])cc1.[2H][2H].[B]P(C)N(C)c1ccccc1C.[B]P(C)N(C)c1ccccc1N. The van der Waals surface area contributed by atoms with Crippen molar-refractivity contribution in [3.63, 3.8) is 0 Å². The molecular formula is C80H104B2N6O7P2. The van der Waals surface area contributed by atoms with Crippen molar-refractivity contribution in [1.29, 1.82) is 0 Å². The molecule has 0 aliphatic carbocycles. The summed E-state index contributed by atoms with van der Waals surface area (Å²) in [5.41, 5.74) is 28.9. The number of nitrogens with one attached hydrogen (secondary N) is 1. The van der Waals surface area contributed by atoms with Crippen LogP contribution in [-0.2, 0) is 25.7 Å². The largest absolute Gasteiger partial charge is 0.519 e. The average Bonchev–Trinajstić information content (AvgIpc) is 0.863. The van der Waals surface area contributed by atoms with Crippen LogP contribution in [0, 0.1) is 86.3 Å². The number of benzene rings is 9. The quantitative estimate of drug-likeness (QED) is 0.0181. The number of nitro groups is 1. The Morgan fingerprint density at radius 3 is 1.28 bits per heavy atom. The van der Waals surface area contributed by atoms with Gasteiger partial charge in [0.1, 0.15) is 32.4 Å². The highest BCUT2D eigenvalue weighted by atomic mass is 31.1. The first-order valence-corrected chi connectivity index (χ1v) is 35.8. The number of non-ortho nitro benzene ring substituents is 1. The van der Waals surface area contributed by atoms with Gasteiger partial charge in [-0.15, -0.1) is 0 Å². The Kier molecular flexibility index (Phi) is 34.3. The van der Waals surface area contributed by atoms with Crippen LogP contribution >= 0.6 is 15.9 Å². The van der Waals surface area contributed by atoms with Crippen LogP contribution < -0.4 is 39.5 Å². The van der Waals surface area contributed by atoms with Crippen molar-refractivity contribution in [3.05, 3.63) is 276 Å². The lowest BCUT2D eigenvalue weighted by atomic mass is 9.96. The molecule has 2 unspecified atom stereocenters. The molecule has 9 aromatic carbocycles. The van der Waals surface area contributed by atoms with Gasteiger partial charge >= 0.3 is 12.2 Å². The maximum atomic E-state index is 12.7. The van der Waals surface area contributed by atoms with Gasteiger partial charge in [-0.2, -0.15) is 0 Å². The van der Waals surface area contributed by atoms with E-state index in [0.717, 1.165) is 70.6 Å². The number of carbonyl (C=O) groups excluding carboxylic acids is 2. The molecule has 4 radical (unpaired) electrons. The number of anilines is 5. The first-order valence-electron chi connectivity index (χ1n) is 33.1. The highest BCUT2D eigenvalue weighted by Gasteiger charge is 2.18. The smallest absolute Gasteiger partial charge is 0.410 e. The monoisotopic (exact) mass is 1350 g/mol. The summed E-state index contributed by atoms with van der Waals surface area (Å²) in [6, 6.07) is 58.2. The number of nitrogens with zero attached hydrogens (tertiary/aromatic N) is 4. The van der Waals surface area contributed by atoms with Gasteiger partial charge in [0.15, 0.2) is 0 Å². The van der Waals surface area contributed by atoms with Crippen LogP contribution in [0.25, 0.3) is 0 Å². The second kappa shape index (κ2) is 41.3. The molecule has 0 fully saturated rings. The lowest BCUT2D eigenvalue weighted by Crippen LogP contribution is -2.30. The Hall–Kier alpha value is -8.89. The fourth-order valence-electron chi connectivity index (χ4n) is 9.88. The van der Waals surface area contributed by atoms with Gasteiger partial charge < -0.3 is 34.6 Å². The summed E-state index contributed by atoms with van der Waals surface area (Å²) in [6.07, 6.45) is 2.29. The summed E-state index contributed by atoms with van der Waals surface area (Å²) in [4.78, 5) is 36.6. The Morgan fingerprint density at radius 2 is 0.876 bits per heavy atom. The molecule has 0 bridgehead atoms. The molecule has 0 heterocycles. The van der Waals surface area contributed by atoms with E-state index in [2.05, 4.69) is 120 Å². The number of ether oxygens (including phenoxy) is 3. The summed E-state index contributed by atoms with van der Waals surface area (Å²) in [5.74, 6) is 1.23. The zero-order valence-corrected chi connectivity index (χ0v) is 61.7. The maximum Gasteiger partial charge on any atom is 0.519 e. The van der Waals surface area contributed by atoms with Crippen molar-refractivity contribution in [1.82, 2.24) is 0 Å². The molecule has 13 nitrogen and oxygen atoms in total. The van der Waals surface area contributed by atoms with E-state index in [1.54, 1.807) is 11.9 Å². The molecule has 17 heteroatoms. The van der Waals surface area contributed by atoms with Gasteiger partial charge in [-0.3, -0.25) is 15.0 Å². The van der Waals surface area contributed by atoms with Gasteiger partial charge in [0.05, 0.1) is 16.3 Å². The third-order valence-electron chi connectivity index (χ3n) is 16.4. The Bertz CT molecular complexity index is 3890. The van der Waals surface area contributed by atoms with Crippen LogP contribution in [0.2, 0.25) is 0 Å².